The summed E-state index contributed by atoms with van der Waals surface area (Å²) in [6.45, 7) is 10.6. The summed E-state index contributed by atoms with van der Waals surface area (Å²) in [7, 11) is 0. The van der Waals surface area contributed by atoms with Crippen molar-refractivity contribution < 1.29 is 47.4 Å². The molecule has 0 atom stereocenters. The summed E-state index contributed by atoms with van der Waals surface area (Å²) in [6.07, 6.45) is 6.10. The first-order valence-electron chi connectivity index (χ1n) is 15.1. The minimum Gasteiger partial charge on any atom is -0.463 e. The first-order valence-corrected chi connectivity index (χ1v) is 15.1. The molecule has 0 aliphatic heterocycles. The van der Waals surface area contributed by atoms with Crippen LogP contribution in [0.25, 0.3) is 0 Å². The number of unbranched alkanes of at least 4 members (excludes halogenated alkanes) is 4. The summed E-state index contributed by atoms with van der Waals surface area (Å²) < 4.78 is 48.9. The number of rotatable bonds is 32. The van der Waals surface area contributed by atoms with Gasteiger partial charge >= 0.3 is 5.97 Å². The quantitative estimate of drug-likeness (QED) is 0.0901. The minimum atomic E-state index is -0.144. The number of benzene rings is 1. The number of hydrogen-bond acceptors (Lipinski definition) is 10. The molecule has 41 heavy (non-hydrogen) atoms. The lowest BCUT2D eigenvalue weighted by Gasteiger charge is -2.09. The van der Waals surface area contributed by atoms with Crippen molar-refractivity contribution in [2.75, 3.05) is 106 Å². The first kappa shape index (κ1) is 37.4. The van der Waals surface area contributed by atoms with Crippen LogP contribution in [0.1, 0.15) is 51.0 Å². The van der Waals surface area contributed by atoms with E-state index in [0.717, 1.165) is 18.4 Å². The number of carbonyl (C=O) groups is 1. The van der Waals surface area contributed by atoms with Gasteiger partial charge in [0, 0.05) is 6.42 Å². The Labute approximate surface area is 247 Å². The Morgan fingerprint density at radius 3 is 1.32 bits per heavy atom. The fourth-order valence-corrected chi connectivity index (χ4v) is 3.46. The number of hydrogen-bond donors (Lipinski definition) is 0. The average Bonchev–Trinajstić information content (AvgIpc) is 2.99. The van der Waals surface area contributed by atoms with Crippen LogP contribution in [-0.2, 0) is 54.0 Å². The van der Waals surface area contributed by atoms with Gasteiger partial charge in [0.1, 0.15) is 6.61 Å². The van der Waals surface area contributed by atoms with Gasteiger partial charge in [0.2, 0.25) is 0 Å². The average molecular weight is 587 g/mol. The third-order valence-electron chi connectivity index (χ3n) is 5.69. The maximum atomic E-state index is 11.6. The molecule has 0 aliphatic carbocycles. The SMILES string of the molecule is CCCCCCCC(=O)OCCOCCOCCOCCOCCOCCOCCOCCOCc1ccccc1. The van der Waals surface area contributed by atoms with Crippen LogP contribution in [0.3, 0.4) is 0 Å². The molecule has 1 rings (SSSR count). The van der Waals surface area contributed by atoms with Crippen LogP contribution in [0.5, 0.6) is 0 Å². The minimum absolute atomic E-state index is 0.144. The van der Waals surface area contributed by atoms with Gasteiger partial charge in [-0.05, 0) is 12.0 Å². The maximum Gasteiger partial charge on any atom is 0.305 e. The van der Waals surface area contributed by atoms with E-state index < -0.39 is 0 Å². The van der Waals surface area contributed by atoms with Gasteiger partial charge in [0.25, 0.3) is 0 Å². The summed E-state index contributed by atoms with van der Waals surface area (Å²) >= 11 is 0. The Bertz CT molecular complexity index is 662. The molecule has 238 valence electrons. The molecule has 0 N–H and O–H groups in total. The topological polar surface area (TPSA) is 100 Å². The molecule has 0 radical (unpaired) electrons. The highest BCUT2D eigenvalue weighted by Gasteiger charge is 2.02. The van der Waals surface area contributed by atoms with Crippen LogP contribution in [0.2, 0.25) is 0 Å². The molecule has 0 amide bonds. The van der Waals surface area contributed by atoms with Gasteiger partial charge in [-0.25, -0.2) is 0 Å². The summed E-state index contributed by atoms with van der Waals surface area (Å²) in [6, 6.07) is 10.1. The van der Waals surface area contributed by atoms with Gasteiger partial charge in [0.15, 0.2) is 0 Å². The maximum absolute atomic E-state index is 11.6. The Hall–Kier alpha value is -1.63. The van der Waals surface area contributed by atoms with Gasteiger partial charge < -0.3 is 42.6 Å². The zero-order chi connectivity index (χ0) is 29.3. The molecule has 0 bridgehead atoms. The van der Waals surface area contributed by atoms with E-state index in [1.165, 1.54) is 19.3 Å². The molecule has 10 nitrogen and oxygen atoms in total. The molecule has 1 aromatic carbocycles. The highest BCUT2D eigenvalue weighted by atomic mass is 16.6. The third kappa shape index (κ3) is 28.3. The Morgan fingerprint density at radius 2 is 0.878 bits per heavy atom. The van der Waals surface area contributed by atoms with Crippen molar-refractivity contribution in [3.63, 3.8) is 0 Å². The van der Waals surface area contributed by atoms with E-state index >= 15 is 0 Å². The van der Waals surface area contributed by atoms with Crippen LogP contribution in [-0.4, -0.2) is 112 Å². The predicted molar refractivity (Wildman–Crippen MR) is 156 cm³/mol. The molecule has 10 heteroatoms. The molecule has 0 fully saturated rings. The van der Waals surface area contributed by atoms with Gasteiger partial charge in [-0.1, -0.05) is 62.9 Å². The Balaban J connectivity index is 1.65. The van der Waals surface area contributed by atoms with Crippen molar-refractivity contribution in [2.45, 2.75) is 52.1 Å². The van der Waals surface area contributed by atoms with Crippen LogP contribution in [0.15, 0.2) is 30.3 Å². The lowest BCUT2D eigenvalue weighted by molar-refractivity contribution is -0.145. The fraction of sp³-hybridized carbons (Fsp3) is 0.774. The van der Waals surface area contributed by atoms with Crippen LogP contribution in [0.4, 0.5) is 0 Å². The molecule has 0 aliphatic rings. The predicted octanol–water partition coefficient (Wildman–Crippen LogP) is 4.22. The van der Waals surface area contributed by atoms with Crippen molar-refractivity contribution in [2.24, 2.45) is 0 Å². The third-order valence-corrected chi connectivity index (χ3v) is 5.69. The van der Waals surface area contributed by atoms with Crippen LogP contribution < -0.4 is 0 Å². The molecule has 0 unspecified atom stereocenters. The molecule has 0 aromatic heterocycles. The van der Waals surface area contributed by atoms with Gasteiger partial charge in [-0.15, -0.1) is 0 Å². The molecular weight excluding hydrogens is 532 g/mol. The highest BCUT2D eigenvalue weighted by Crippen LogP contribution is 2.05. The van der Waals surface area contributed by atoms with E-state index in [0.29, 0.717) is 112 Å². The molecule has 0 spiro atoms. The fourth-order valence-electron chi connectivity index (χ4n) is 3.46. The van der Waals surface area contributed by atoms with Crippen LogP contribution >= 0.6 is 0 Å². The first-order chi connectivity index (χ1) is 20.3. The smallest absolute Gasteiger partial charge is 0.305 e. The number of ether oxygens (including phenoxy) is 9. The second kappa shape index (κ2) is 31.3. The second-order valence-corrected chi connectivity index (χ2v) is 9.21. The zero-order valence-electron chi connectivity index (χ0n) is 25.2. The summed E-state index contributed by atoms with van der Waals surface area (Å²) in [4.78, 5) is 11.6. The molecule has 0 heterocycles. The van der Waals surface area contributed by atoms with E-state index in [4.69, 9.17) is 42.6 Å². The number of carbonyl (C=O) groups excluding carboxylic acids is 1. The lowest BCUT2D eigenvalue weighted by atomic mass is 10.1. The highest BCUT2D eigenvalue weighted by molar-refractivity contribution is 5.69. The van der Waals surface area contributed by atoms with E-state index in [1.54, 1.807) is 0 Å². The normalized spacial score (nSPS) is 11.2. The zero-order valence-corrected chi connectivity index (χ0v) is 25.2. The summed E-state index contributed by atoms with van der Waals surface area (Å²) in [5, 5.41) is 0. The van der Waals surface area contributed by atoms with Crippen LogP contribution in [0, 0.1) is 0 Å². The van der Waals surface area contributed by atoms with E-state index in [-0.39, 0.29) is 12.6 Å². The van der Waals surface area contributed by atoms with Gasteiger partial charge in [0.05, 0.1) is 106 Å². The van der Waals surface area contributed by atoms with Crippen molar-refractivity contribution in [3.05, 3.63) is 35.9 Å². The monoisotopic (exact) mass is 586 g/mol. The van der Waals surface area contributed by atoms with Crippen molar-refractivity contribution in [1.29, 1.82) is 0 Å². The molecule has 0 saturated carbocycles. The summed E-state index contributed by atoms with van der Waals surface area (Å²) in [5.41, 5.74) is 1.16. The standard InChI is InChI=1S/C31H54O10/c1-2-3-4-5-9-12-31(32)41-28-27-39-24-23-37-20-19-35-16-15-33-13-14-34-17-18-36-21-22-38-25-26-40-29-30-10-7-6-8-11-30/h6-8,10-11H,2-5,9,12-29H2,1H3. The van der Waals surface area contributed by atoms with E-state index in [2.05, 4.69) is 6.92 Å². The molecule has 1 aromatic rings. The largest absolute Gasteiger partial charge is 0.463 e. The van der Waals surface area contributed by atoms with Gasteiger partial charge in [-0.2, -0.15) is 0 Å². The van der Waals surface area contributed by atoms with Crippen molar-refractivity contribution in [3.8, 4) is 0 Å². The van der Waals surface area contributed by atoms with E-state index in [1.807, 2.05) is 30.3 Å². The lowest BCUT2D eigenvalue weighted by Crippen LogP contribution is -2.15. The summed E-state index contributed by atoms with van der Waals surface area (Å²) in [5.74, 6) is -0.144. The second-order valence-electron chi connectivity index (χ2n) is 9.21. The van der Waals surface area contributed by atoms with Gasteiger partial charge in [-0.3, -0.25) is 4.79 Å². The van der Waals surface area contributed by atoms with Crippen molar-refractivity contribution in [1.82, 2.24) is 0 Å². The van der Waals surface area contributed by atoms with Crippen molar-refractivity contribution >= 4 is 5.97 Å². The number of esters is 1. The molecule has 0 saturated heterocycles. The van der Waals surface area contributed by atoms with E-state index in [9.17, 15) is 4.79 Å². The Morgan fingerprint density at radius 1 is 0.488 bits per heavy atom. The Kier molecular flexibility index (Phi) is 28.6. The molecular formula is C31H54O10.